The third-order valence-electron chi connectivity index (χ3n) is 2.88. The molecule has 2 unspecified atom stereocenters. The topological polar surface area (TPSA) is 66.9 Å². The minimum Gasteiger partial charge on any atom is -0.369 e. The zero-order valence-electron chi connectivity index (χ0n) is 10.2. The van der Waals surface area contributed by atoms with E-state index in [1.54, 1.807) is 12.1 Å². The number of carbonyl (C=O) groups excluding carboxylic acids is 1. The van der Waals surface area contributed by atoms with Crippen molar-refractivity contribution in [3.8, 4) is 0 Å². The Kier molecular flexibility index (Phi) is 3.56. The van der Waals surface area contributed by atoms with Gasteiger partial charge in [0.2, 0.25) is 0 Å². The van der Waals surface area contributed by atoms with Crippen molar-refractivity contribution in [2.45, 2.75) is 32.7 Å². The van der Waals surface area contributed by atoms with Gasteiger partial charge in [-0.2, -0.15) is 0 Å². The molecule has 0 aromatic carbocycles. The summed E-state index contributed by atoms with van der Waals surface area (Å²) in [5, 5.41) is 13.9. The molecule has 1 amide bonds. The third kappa shape index (κ3) is 3.15. The van der Waals surface area contributed by atoms with Crippen LogP contribution in [0.3, 0.4) is 0 Å². The molecule has 1 aliphatic carbocycles. The Morgan fingerprint density at radius 1 is 1.47 bits per heavy atom. The maximum absolute atomic E-state index is 11.7. The molecule has 1 aromatic rings. The van der Waals surface area contributed by atoms with Crippen molar-refractivity contribution in [2.75, 3.05) is 11.9 Å². The fraction of sp³-hybridized carbons (Fsp3) is 0.583. The van der Waals surface area contributed by atoms with E-state index < -0.39 is 0 Å². The van der Waals surface area contributed by atoms with Crippen molar-refractivity contribution in [2.24, 2.45) is 5.92 Å². The molecule has 92 valence electrons. The van der Waals surface area contributed by atoms with Crippen LogP contribution < -0.4 is 10.6 Å². The molecule has 0 spiro atoms. The van der Waals surface area contributed by atoms with E-state index in [1.807, 2.05) is 0 Å². The molecule has 0 radical (unpaired) electrons. The van der Waals surface area contributed by atoms with Crippen LogP contribution in [0.2, 0.25) is 0 Å². The van der Waals surface area contributed by atoms with Crippen LogP contribution >= 0.6 is 0 Å². The van der Waals surface area contributed by atoms with Crippen molar-refractivity contribution >= 4 is 11.7 Å². The van der Waals surface area contributed by atoms with Crippen molar-refractivity contribution in [3.05, 3.63) is 17.8 Å². The number of hydrogen-bond acceptors (Lipinski definition) is 4. The summed E-state index contributed by atoms with van der Waals surface area (Å²) in [4.78, 5) is 11.7. The van der Waals surface area contributed by atoms with Gasteiger partial charge < -0.3 is 10.6 Å². The van der Waals surface area contributed by atoms with E-state index in [1.165, 1.54) is 0 Å². The molecular weight excluding hydrogens is 216 g/mol. The standard InChI is InChI=1S/C12H18N4O/c1-3-6-13-11-5-4-9(15-16-11)12(17)14-10-7-8(10)2/h4-5,8,10H,3,6-7H2,1-2H3,(H,13,16)(H,14,17). The first-order chi connectivity index (χ1) is 8.20. The van der Waals surface area contributed by atoms with Crippen LogP contribution in [-0.2, 0) is 0 Å². The summed E-state index contributed by atoms with van der Waals surface area (Å²) < 4.78 is 0. The predicted molar refractivity (Wildman–Crippen MR) is 65.8 cm³/mol. The van der Waals surface area contributed by atoms with Crippen LogP contribution in [0.1, 0.15) is 37.2 Å². The van der Waals surface area contributed by atoms with Gasteiger partial charge in [0.15, 0.2) is 5.69 Å². The summed E-state index contributed by atoms with van der Waals surface area (Å²) in [5.74, 6) is 1.18. The van der Waals surface area contributed by atoms with Gasteiger partial charge in [-0.05, 0) is 30.9 Å². The van der Waals surface area contributed by atoms with Crippen molar-refractivity contribution in [3.63, 3.8) is 0 Å². The highest BCUT2D eigenvalue weighted by molar-refractivity contribution is 5.92. The van der Waals surface area contributed by atoms with Gasteiger partial charge in [-0.15, -0.1) is 10.2 Å². The maximum atomic E-state index is 11.7. The van der Waals surface area contributed by atoms with E-state index in [0.717, 1.165) is 19.4 Å². The molecule has 1 fully saturated rings. The molecule has 5 nitrogen and oxygen atoms in total. The fourth-order valence-corrected chi connectivity index (χ4v) is 1.57. The van der Waals surface area contributed by atoms with E-state index in [9.17, 15) is 4.79 Å². The first-order valence-corrected chi connectivity index (χ1v) is 6.09. The van der Waals surface area contributed by atoms with Gasteiger partial charge in [0, 0.05) is 12.6 Å². The monoisotopic (exact) mass is 234 g/mol. The van der Waals surface area contributed by atoms with Crippen LogP contribution in [0.25, 0.3) is 0 Å². The third-order valence-corrected chi connectivity index (χ3v) is 2.88. The van der Waals surface area contributed by atoms with E-state index in [0.29, 0.717) is 23.5 Å². The first kappa shape index (κ1) is 11.8. The molecule has 2 atom stereocenters. The zero-order chi connectivity index (χ0) is 12.3. The van der Waals surface area contributed by atoms with Gasteiger partial charge in [-0.3, -0.25) is 4.79 Å². The summed E-state index contributed by atoms with van der Waals surface area (Å²) in [6.45, 7) is 5.06. The van der Waals surface area contributed by atoms with E-state index >= 15 is 0 Å². The Bertz CT molecular complexity index is 390. The molecule has 1 heterocycles. The Hall–Kier alpha value is -1.65. The quantitative estimate of drug-likeness (QED) is 0.809. The molecule has 17 heavy (non-hydrogen) atoms. The summed E-state index contributed by atoms with van der Waals surface area (Å²) >= 11 is 0. The molecule has 0 aliphatic heterocycles. The van der Waals surface area contributed by atoms with E-state index in [2.05, 4.69) is 34.7 Å². The maximum Gasteiger partial charge on any atom is 0.272 e. The minimum atomic E-state index is -0.131. The highest BCUT2D eigenvalue weighted by Gasteiger charge is 2.34. The molecule has 1 aliphatic rings. The number of aromatic nitrogens is 2. The second kappa shape index (κ2) is 5.12. The second-order valence-corrected chi connectivity index (χ2v) is 4.52. The number of hydrogen-bond donors (Lipinski definition) is 2. The lowest BCUT2D eigenvalue weighted by atomic mass is 10.3. The van der Waals surface area contributed by atoms with E-state index in [4.69, 9.17) is 0 Å². The van der Waals surface area contributed by atoms with Crippen LogP contribution in [-0.4, -0.2) is 28.7 Å². The van der Waals surface area contributed by atoms with Gasteiger partial charge in [0.1, 0.15) is 5.82 Å². The summed E-state index contributed by atoms with van der Waals surface area (Å²) in [7, 11) is 0. The molecule has 2 rings (SSSR count). The summed E-state index contributed by atoms with van der Waals surface area (Å²) in [6.07, 6.45) is 2.10. The fourth-order valence-electron chi connectivity index (χ4n) is 1.57. The van der Waals surface area contributed by atoms with Crippen LogP contribution in [0, 0.1) is 5.92 Å². The highest BCUT2D eigenvalue weighted by atomic mass is 16.2. The van der Waals surface area contributed by atoms with Gasteiger partial charge in [-0.25, -0.2) is 0 Å². The van der Waals surface area contributed by atoms with Gasteiger partial charge >= 0.3 is 0 Å². The van der Waals surface area contributed by atoms with Crippen LogP contribution in [0.15, 0.2) is 12.1 Å². The Balaban J connectivity index is 1.90. The predicted octanol–water partition coefficient (Wildman–Crippen LogP) is 1.44. The molecule has 1 aromatic heterocycles. The van der Waals surface area contributed by atoms with Crippen molar-refractivity contribution in [1.29, 1.82) is 0 Å². The molecule has 0 saturated heterocycles. The zero-order valence-corrected chi connectivity index (χ0v) is 10.2. The van der Waals surface area contributed by atoms with Crippen molar-refractivity contribution in [1.82, 2.24) is 15.5 Å². The molecule has 1 saturated carbocycles. The number of rotatable bonds is 5. The lowest BCUT2D eigenvalue weighted by Crippen LogP contribution is -2.27. The number of carbonyl (C=O) groups is 1. The number of nitrogens with one attached hydrogen (secondary N) is 2. The largest absolute Gasteiger partial charge is 0.369 e. The molecular formula is C12H18N4O. The number of nitrogens with zero attached hydrogens (tertiary/aromatic N) is 2. The lowest BCUT2D eigenvalue weighted by molar-refractivity contribution is 0.0943. The van der Waals surface area contributed by atoms with Crippen LogP contribution in [0.5, 0.6) is 0 Å². The van der Waals surface area contributed by atoms with Gasteiger partial charge in [0.05, 0.1) is 0 Å². The summed E-state index contributed by atoms with van der Waals surface area (Å²) in [5.41, 5.74) is 0.381. The SMILES string of the molecule is CCCNc1ccc(C(=O)NC2CC2C)nn1. The average molecular weight is 234 g/mol. The van der Waals surface area contributed by atoms with Crippen molar-refractivity contribution < 1.29 is 4.79 Å². The Morgan fingerprint density at radius 2 is 2.24 bits per heavy atom. The normalized spacial score (nSPS) is 22.0. The average Bonchev–Trinajstić information content (AvgIpc) is 3.03. The van der Waals surface area contributed by atoms with Gasteiger partial charge in [-0.1, -0.05) is 13.8 Å². The highest BCUT2D eigenvalue weighted by Crippen LogP contribution is 2.29. The molecule has 5 heteroatoms. The van der Waals surface area contributed by atoms with E-state index in [-0.39, 0.29) is 5.91 Å². The molecule has 0 bridgehead atoms. The second-order valence-electron chi connectivity index (χ2n) is 4.52. The smallest absolute Gasteiger partial charge is 0.272 e. The van der Waals surface area contributed by atoms with Gasteiger partial charge in [0.25, 0.3) is 5.91 Å². The number of amides is 1. The first-order valence-electron chi connectivity index (χ1n) is 6.09. The summed E-state index contributed by atoms with van der Waals surface area (Å²) in [6, 6.07) is 3.81. The minimum absolute atomic E-state index is 0.131. The lowest BCUT2D eigenvalue weighted by Gasteiger charge is -2.04. The van der Waals surface area contributed by atoms with Crippen LogP contribution in [0.4, 0.5) is 5.82 Å². The molecule has 2 N–H and O–H groups in total. The Labute approximate surface area is 101 Å². The Morgan fingerprint density at radius 3 is 2.76 bits per heavy atom. The number of anilines is 1.